The molecule has 160 valence electrons. The summed E-state index contributed by atoms with van der Waals surface area (Å²) in [5.74, 6) is -0.608. The first-order chi connectivity index (χ1) is 14.2. The average molecular weight is 442 g/mol. The van der Waals surface area contributed by atoms with Crippen LogP contribution in [-0.2, 0) is 30.6 Å². The second-order valence-electron chi connectivity index (χ2n) is 7.16. The first-order valence-electron chi connectivity index (χ1n) is 9.41. The van der Waals surface area contributed by atoms with E-state index in [0.29, 0.717) is 12.2 Å². The van der Waals surface area contributed by atoms with Crippen molar-refractivity contribution in [2.75, 3.05) is 5.32 Å². The molecule has 3 heterocycles. The number of hydrogen-bond donors (Lipinski definition) is 1. The summed E-state index contributed by atoms with van der Waals surface area (Å²) in [7, 11) is 0. The Morgan fingerprint density at radius 3 is 2.60 bits per heavy atom. The Labute approximate surface area is 174 Å². The van der Waals surface area contributed by atoms with Crippen molar-refractivity contribution in [1.29, 1.82) is 0 Å². The van der Waals surface area contributed by atoms with Crippen molar-refractivity contribution in [3.05, 3.63) is 46.8 Å². The number of alkyl halides is 3. The normalized spacial score (nSPS) is 14.3. The highest BCUT2D eigenvalue weighted by atomic mass is 35.5. The van der Waals surface area contributed by atoms with Gasteiger partial charge in [0.05, 0.1) is 35.3 Å². The molecule has 3 aromatic rings. The van der Waals surface area contributed by atoms with E-state index in [4.69, 9.17) is 11.6 Å². The maximum absolute atomic E-state index is 13.1. The van der Waals surface area contributed by atoms with Gasteiger partial charge in [0.2, 0.25) is 5.91 Å². The lowest BCUT2D eigenvalue weighted by molar-refractivity contribution is -0.141. The Bertz CT molecular complexity index is 1060. The largest absolute Gasteiger partial charge is 0.436 e. The van der Waals surface area contributed by atoms with Gasteiger partial charge in [-0.05, 0) is 19.8 Å². The fourth-order valence-corrected chi connectivity index (χ4v) is 3.60. The van der Waals surface area contributed by atoms with Crippen molar-refractivity contribution in [1.82, 2.24) is 29.3 Å². The van der Waals surface area contributed by atoms with Gasteiger partial charge in [-0.2, -0.15) is 28.5 Å². The summed E-state index contributed by atoms with van der Waals surface area (Å²) in [6, 6.07) is 0. The van der Waals surface area contributed by atoms with Gasteiger partial charge in [-0.15, -0.1) is 0 Å². The number of carbonyl (C=O) groups is 1. The van der Waals surface area contributed by atoms with Crippen LogP contribution in [0.3, 0.4) is 0 Å². The van der Waals surface area contributed by atoms with E-state index in [1.54, 1.807) is 21.8 Å². The van der Waals surface area contributed by atoms with Crippen LogP contribution in [0.2, 0.25) is 5.02 Å². The number of nitrogens with one attached hydrogen (secondary N) is 1. The van der Waals surface area contributed by atoms with Crippen LogP contribution in [0.15, 0.2) is 24.8 Å². The maximum Gasteiger partial charge on any atom is 0.436 e. The van der Waals surface area contributed by atoms with Crippen molar-refractivity contribution in [2.45, 2.75) is 51.5 Å². The molecule has 4 rings (SSSR count). The van der Waals surface area contributed by atoms with E-state index in [0.717, 1.165) is 29.6 Å². The van der Waals surface area contributed by atoms with Crippen molar-refractivity contribution in [2.24, 2.45) is 0 Å². The molecule has 0 radical (unpaired) electrons. The van der Waals surface area contributed by atoms with Gasteiger partial charge in [-0.25, -0.2) is 0 Å². The zero-order valence-corrected chi connectivity index (χ0v) is 16.8. The molecule has 0 unspecified atom stereocenters. The summed E-state index contributed by atoms with van der Waals surface area (Å²) >= 11 is 5.93. The summed E-state index contributed by atoms with van der Waals surface area (Å²) in [5.41, 5.74) is 0.505. The lowest BCUT2D eigenvalue weighted by Gasteiger charge is -2.07. The van der Waals surface area contributed by atoms with Gasteiger partial charge >= 0.3 is 6.18 Å². The molecular weight excluding hydrogens is 423 g/mol. The Morgan fingerprint density at radius 1 is 1.23 bits per heavy atom. The molecule has 8 nitrogen and oxygen atoms in total. The number of nitrogens with zero attached hydrogens (tertiary/aromatic N) is 6. The molecule has 30 heavy (non-hydrogen) atoms. The molecule has 1 aliphatic rings. The quantitative estimate of drug-likeness (QED) is 0.608. The third-order valence-corrected chi connectivity index (χ3v) is 5.10. The molecule has 12 heteroatoms. The van der Waals surface area contributed by atoms with E-state index in [-0.39, 0.29) is 18.2 Å². The van der Waals surface area contributed by atoms with Gasteiger partial charge in [0.15, 0.2) is 5.69 Å². The van der Waals surface area contributed by atoms with Crippen molar-refractivity contribution in [3.8, 4) is 0 Å². The van der Waals surface area contributed by atoms with Crippen LogP contribution < -0.4 is 5.32 Å². The third kappa shape index (κ3) is 4.35. The van der Waals surface area contributed by atoms with Gasteiger partial charge in [0.1, 0.15) is 6.54 Å². The fourth-order valence-electron chi connectivity index (χ4n) is 3.20. The van der Waals surface area contributed by atoms with E-state index in [1.165, 1.54) is 6.20 Å². The molecule has 3 aromatic heterocycles. The predicted octanol–water partition coefficient (Wildman–Crippen LogP) is 3.53. The van der Waals surface area contributed by atoms with Crippen LogP contribution in [0.1, 0.15) is 42.6 Å². The van der Waals surface area contributed by atoms with Crippen LogP contribution in [0.25, 0.3) is 0 Å². The number of hydrogen-bond acceptors (Lipinski definition) is 4. The highest BCUT2D eigenvalue weighted by Gasteiger charge is 2.42. The van der Waals surface area contributed by atoms with Crippen molar-refractivity contribution < 1.29 is 18.0 Å². The predicted molar refractivity (Wildman–Crippen MR) is 102 cm³/mol. The number of aryl methyl sites for hydroxylation is 1. The first-order valence-corrected chi connectivity index (χ1v) is 9.79. The number of anilines is 1. The van der Waals surface area contributed by atoms with Crippen molar-refractivity contribution >= 4 is 23.2 Å². The molecule has 1 aliphatic carbocycles. The molecule has 0 atom stereocenters. The molecule has 1 saturated carbocycles. The Kier molecular flexibility index (Phi) is 5.31. The van der Waals surface area contributed by atoms with Crippen LogP contribution in [-0.4, -0.2) is 35.2 Å². The van der Waals surface area contributed by atoms with E-state index in [1.807, 2.05) is 13.1 Å². The summed E-state index contributed by atoms with van der Waals surface area (Å²) in [4.78, 5) is 12.4. The number of halogens is 4. The van der Waals surface area contributed by atoms with Gasteiger partial charge < -0.3 is 5.32 Å². The zero-order chi connectivity index (χ0) is 21.5. The third-order valence-electron chi connectivity index (χ3n) is 4.73. The van der Waals surface area contributed by atoms with E-state index < -0.39 is 22.8 Å². The standard InChI is InChI=1S/C18H19ClF3N7O/c1-2-27-7-11(5-23-27)8-28-9-13(6-24-28)25-14(30)10-29-16(12-3-4-12)15(19)17(26-29)18(20,21)22/h5-7,9,12H,2-4,8,10H2,1H3,(H,25,30). The summed E-state index contributed by atoms with van der Waals surface area (Å²) in [5, 5.41) is 14.2. The minimum absolute atomic E-state index is 0.0966. The number of rotatable bonds is 7. The summed E-state index contributed by atoms with van der Waals surface area (Å²) < 4.78 is 43.9. The first kappa shape index (κ1) is 20.5. The lowest BCUT2D eigenvalue weighted by atomic mass is 10.2. The smallest absolute Gasteiger partial charge is 0.322 e. The average Bonchev–Trinajstić information content (AvgIpc) is 3.08. The topological polar surface area (TPSA) is 82.6 Å². The molecule has 0 bridgehead atoms. The van der Waals surface area contributed by atoms with Crippen LogP contribution in [0, 0.1) is 0 Å². The highest BCUT2D eigenvalue weighted by Crippen LogP contribution is 2.46. The monoisotopic (exact) mass is 441 g/mol. The van der Waals surface area contributed by atoms with Gasteiger partial charge in [0, 0.05) is 30.4 Å². The zero-order valence-electron chi connectivity index (χ0n) is 16.0. The fraction of sp³-hybridized carbons (Fsp3) is 0.444. The van der Waals surface area contributed by atoms with E-state index in [9.17, 15) is 18.0 Å². The van der Waals surface area contributed by atoms with E-state index in [2.05, 4.69) is 20.6 Å². The Hall–Kier alpha value is -2.82. The summed E-state index contributed by atoms with van der Waals surface area (Å²) in [6.07, 6.45) is 3.54. The molecule has 0 aliphatic heterocycles. The maximum atomic E-state index is 13.1. The SMILES string of the molecule is CCn1cc(Cn2cc(NC(=O)Cn3nc(C(F)(F)F)c(Cl)c3C3CC3)cn2)cn1. The molecule has 0 spiro atoms. The van der Waals surface area contributed by atoms with Crippen LogP contribution >= 0.6 is 11.6 Å². The number of amides is 1. The molecular formula is C18H19ClF3N7O. The number of aromatic nitrogens is 6. The second-order valence-corrected chi connectivity index (χ2v) is 7.53. The molecule has 0 aromatic carbocycles. The summed E-state index contributed by atoms with van der Waals surface area (Å²) in [6.45, 7) is 2.86. The second kappa shape index (κ2) is 7.78. The van der Waals surface area contributed by atoms with Gasteiger partial charge in [-0.1, -0.05) is 11.6 Å². The number of carbonyl (C=O) groups excluding carboxylic acids is 1. The van der Waals surface area contributed by atoms with Gasteiger partial charge in [-0.3, -0.25) is 18.8 Å². The van der Waals surface area contributed by atoms with Crippen LogP contribution in [0.4, 0.5) is 18.9 Å². The lowest BCUT2D eigenvalue weighted by Crippen LogP contribution is -2.21. The minimum Gasteiger partial charge on any atom is -0.322 e. The molecule has 0 saturated heterocycles. The molecule has 1 fully saturated rings. The van der Waals surface area contributed by atoms with Gasteiger partial charge in [0.25, 0.3) is 0 Å². The van der Waals surface area contributed by atoms with Crippen LogP contribution in [0.5, 0.6) is 0 Å². The highest BCUT2D eigenvalue weighted by molar-refractivity contribution is 6.32. The van der Waals surface area contributed by atoms with Crippen molar-refractivity contribution in [3.63, 3.8) is 0 Å². The molecule has 1 amide bonds. The molecule has 1 N–H and O–H groups in total. The Balaban J connectivity index is 1.43. The van der Waals surface area contributed by atoms with E-state index >= 15 is 0 Å². The Morgan fingerprint density at radius 2 is 1.97 bits per heavy atom. The minimum atomic E-state index is -4.67.